The fourth-order valence-corrected chi connectivity index (χ4v) is 3.01. The molecule has 2 N–H and O–H groups in total. The second-order valence-corrected chi connectivity index (χ2v) is 6.26. The summed E-state index contributed by atoms with van der Waals surface area (Å²) in [6.45, 7) is 1.78. The number of carbonyl (C=O) groups excluding carboxylic acids is 3. The number of nitrogens with zero attached hydrogens (tertiary/aromatic N) is 1. The molecule has 0 spiro atoms. The Bertz CT molecular complexity index is 683. The van der Waals surface area contributed by atoms with Gasteiger partial charge < -0.3 is 15.4 Å². The summed E-state index contributed by atoms with van der Waals surface area (Å²) in [6, 6.07) is 3.98. The number of imide groups is 1. The van der Waals surface area contributed by atoms with Gasteiger partial charge >= 0.3 is 6.03 Å². The molecule has 1 heterocycles. The van der Waals surface area contributed by atoms with E-state index >= 15 is 0 Å². The summed E-state index contributed by atoms with van der Waals surface area (Å²) < 4.78 is 4.82. The first-order chi connectivity index (χ1) is 11.3. The zero-order valence-electron chi connectivity index (χ0n) is 13.2. The average Bonchev–Trinajstić information content (AvgIpc) is 2.71. The maximum atomic E-state index is 12.7. The number of halogens is 2. The van der Waals surface area contributed by atoms with Gasteiger partial charge in [0, 0.05) is 29.3 Å². The molecule has 1 atom stereocenters. The molecule has 0 aliphatic carbocycles. The largest absolute Gasteiger partial charge is 0.383 e. The second-order valence-electron chi connectivity index (χ2n) is 5.41. The lowest BCUT2D eigenvalue weighted by Crippen LogP contribution is -2.43. The molecule has 1 aromatic carbocycles. The highest BCUT2D eigenvalue weighted by atomic mass is 35.5. The van der Waals surface area contributed by atoms with Gasteiger partial charge in [0.2, 0.25) is 5.91 Å². The number of carbonyl (C=O) groups is 3. The standard InChI is InChI=1S/C15H17Cl2N3O4/c1-15(10-4-3-9(16)7-11(10)17)13(22)20(14(23)19-15)8-12(21)18-5-6-24-2/h3-4,7H,5-6,8H2,1-2H3,(H,18,21)(H,19,23). The molecule has 0 aromatic heterocycles. The van der Waals surface area contributed by atoms with Crippen LogP contribution in [-0.2, 0) is 19.9 Å². The zero-order chi connectivity index (χ0) is 17.9. The maximum Gasteiger partial charge on any atom is 0.325 e. The third-order valence-corrected chi connectivity index (χ3v) is 4.22. The monoisotopic (exact) mass is 373 g/mol. The van der Waals surface area contributed by atoms with Crippen LogP contribution in [0.2, 0.25) is 10.0 Å². The predicted molar refractivity (Wildman–Crippen MR) is 88.9 cm³/mol. The van der Waals surface area contributed by atoms with Crippen LogP contribution in [0.15, 0.2) is 18.2 Å². The van der Waals surface area contributed by atoms with Crippen molar-refractivity contribution in [1.82, 2.24) is 15.5 Å². The van der Waals surface area contributed by atoms with E-state index in [9.17, 15) is 14.4 Å². The number of benzene rings is 1. The van der Waals surface area contributed by atoms with Crippen LogP contribution in [-0.4, -0.2) is 49.6 Å². The fraction of sp³-hybridized carbons (Fsp3) is 0.400. The Balaban J connectivity index is 2.17. The number of methoxy groups -OCH3 is 1. The van der Waals surface area contributed by atoms with Gasteiger partial charge in [0.05, 0.1) is 6.61 Å². The minimum atomic E-state index is -1.36. The topological polar surface area (TPSA) is 87.7 Å². The lowest BCUT2D eigenvalue weighted by Gasteiger charge is -2.23. The van der Waals surface area contributed by atoms with E-state index in [0.717, 1.165) is 4.90 Å². The summed E-state index contributed by atoms with van der Waals surface area (Å²) in [7, 11) is 1.50. The third kappa shape index (κ3) is 3.63. The van der Waals surface area contributed by atoms with Gasteiger partial charge in [-0.15, -0.1) is 0 Å². The van der Waals surface area contributed by atoms with Crippen LogP contribution >= 0.6 is 23.2 Å². The van der Waals surface area contributed by atoms with E-state index < -0.39 is 23.4 Å². The van der Waals surface area contributed by atoms with Crippen molar-refractivity contribution in [2.24, 2.45) is 0 Å². The number of amides is 4. The molecule has 1 aromatic rings. The first kappa shape index (κ1) is 18.5. The van der Waals surface area contributed by atoms with Crippen LogP contribution in [0.25, 0.3) is 0 Å². The van der Waals surface area contributed by atoms with E-state index in [-0.39, 0.29) is 11.6 Å². The molecule has 0 bridgehead atoms. The van der Waals surface area contributed by atoms with Gasteiger partial charge in [-0.25, -0.2) is 4.79 Å². The van der Waals surface area contributed by atoms with Gasteiger partial charge in [-0.1, -0.05) is 29.3 Å². The highest BCUT2D eigenvalue weighted by molar-refractivity contribution is 6.35. The number of hydrogen-bond donors (Lipinski definition) is 2. The molecule has 0 radical (unpaired) electrons. The molecule has 4 amide bonds. The summed E-state index contributed by atoms with van der Waals surface area (Å²) in [5.41, 5.74) is -0.944. The van der Waals surface area contributed by atoms with Crippen LogP contribution in [0, 0.1) is 0 Å². The first-order valence-electron chi connectivity index (χ1n) is 7.15. The fourth-order valence-electron chi connectivity index (χ4n) is 2.41. The Morgan fingerprint density at radius 1 is 1.38 bits per heavy atom. The maximum absolute atomic E-state index is 12.7. The van der Waals surface area contributed by atoms with E-state index in [1.165, 1.54) is 20.1 Å². The van der Waals surface area contributed by atoms with E-state index in [2.05, 4.69) is 10.6 Å². The molecule has 1 aliphatic rings. The molecule has 2 rings (SSSR count). The normalized spacial score (nSPS) is 20.2. The highest BCUT2D eigenvalue weighted by Gasteiger charge is 2.50. The van der Waals surface area contributed by atoms with Crippen molar-refractivity contribution in [3.63, 3.8) is 0 Å². The van der Waals surface area contributed by atoms with Gasteiger partial charge in [0.1, 0.15) is 12.1 Å². The molecule has 1 fully saturated rings. The summed E-state index contributed by atoms with van der Waals surface area (Å²) >= 11 is 12.0. The minimum Gasteiger partial charge on any atom is -0.383 e. The SMILES string of the molecule is COCCNC(=O)CN1C(=O)NC(C)(c2ccc(Cl)cc2Cl)C1=O. The quantitative estimate of drug-likeness (QED) is 0.584. The molecule has 1 aliphatic heterocycles. The van der Waals surface area contributed by atoms with Crippen molar-refractivity contribution < 1.29 is 19.1 Å². The Kier molecular flexibility index (Phi) is 5.69. The molecule has 7 nitrogen and oxygen atoms in total. The summed E-state index contributed by atoms with van der Waals surface area (Å²) in [5.74, 6) is -1.01. The smallest absolute Gasteiger partial charge is 0.325 e. The lowest BCUT2D eigenvalue weighted by atomic mass is 9.92. The van der Waals surface area contributed by atoms with Gasteiger partial charge in [-0.05, 0) is 19.1 Å². The van der Waals surface area contributed by atoms with E-state index in [4.69, 9.17) is 27.9 Å². The molecular weight excluding hydrogens is 357 g/mol. The van der Waals surface area contributed by atoms with Crippen molar-refractivity contribution in [2.45, 2.75) is 12.5 Å². The minimum absolute atomic E-state index is 0.255. The van der Waals surface area contributed by atoms with Crippen molar-refractivity contribution in [3.8, 4) is 0 Å². The van der Waals surface area contributed by atoms with Crippen molar-refractivity contribution in [2.75, 3.05) is 26.8 Å². The van der Waals surface area contributed by atoms with Gasteiger partial charge in [-0.3, -0.25) is 14.5 Å². The van der Waals surface area contributed by atoms with Gasteiger partial charge in [0.25, 0.3) is 5.91 Å². The summed E-state index contributed by atoms with van der Waals surface area (Å²) in [4.78, 5) is 37.5. The Morgan fingerprint density at radius 3 is 2.71 bits per heavy atom. The van der Waals surface area contributed by atoms with Crippen LogP contribution < -0.4 is 10.6 Å². The number of urea groups is 1. The second kappa shape index (κ2) is 7.38. The van der Waals surface area contributed by atoms with E-state index in [0.29, 0.717) is 23.7 Å². The average molecular weight is 374 g/mol. The summed E-state index contributed by atoms with van der Waals surface area (Å²) in [5, 5.41) is 5.81. The number of hydrogen-bond acceptors (Lipinski definition) is 4. The third-order valence-electron chi connectivity index (χ3n) is 3.67. The van der Waals surface area contributed by atoms with Crippen LogP contribution in [0.5, 0.6) is 0 Å². The Labute approximate surface area is 149 Å². The molecule has 1 unspecified atom stereocenters. The number of rotatable bonds is 6. The molecule has 1 saturated heterocycles. The van der Waals surface area contributed by atoms with Crippen molar-refractivity contribution in [3.05, 3.63) is 33.8 Å². The van der Waals surface area contributed by atoms with Gasteiger partial charge in [-0.2, -0.15) is 0 Å². The van der Waals surface area contributed by atoms with Crippen molar-refractivity contribution in [1.29, 1.82) is 0 Å². The Hall–Kier alpha value is -1.83. The molecule has 24 heavy (non-hydrogen) atoms. The van der Waals surface area contributed by atoms with Crippen LogP contribution in [0.3, 0.4) is 0 Å². The van der Waals surface area contributed by atoms with E-state index in [1.807, 2.05) is 0 Å². The number of nitrogens with one attached hydrogen (secondary N) is 2. The number of ether oxygens (including phenoxy) is 1. The predicted octanol–water partition coefficient (Wildman–Crippen LogP) is 1.52. The van der Waals surface area contributed by atoms with Crippen LogP contribution in [0.1, 0.15) is 12.5 Å². The van der Waals surface area contributed by atoms with Crippen LogP contribution in [0.4, 0.5) is 4.79 Å². The molecular formula is C15H17Cl2N3O4. The van der Waals surface area contributed by atoms with Gasteiger partial charge in [0.15, 0.2) is 0 Å². The molecule has 9 heteroatoms. The summed E-state index contributed by atoms with van der Waals surface area (Å²) in [6.07, 6.45) is 0. The molecule has 0 saturated carbocycles. The lowest BCUT2D eigenvalue weighted by molar-refractivity contribution is -0.134. The molecule has 130 valence electrons. The Morgan fingerprint density at radius 2 is 2.08 bits per heavy atom. The first-order valence-corrected chi connectivity index (χ1v) is 7.90. The zero-order valence-corrected chi connectivity index (χ0v) is 14.7. The highest BCUT2D eigenvalue weighted by Crippen LogP contribution is 2.34. The van der Waals surface area contributed by atoms with Crippen molar-refractivity contribution >= 4 is 41.0 Å². The van der Waals surface area contributed by atoms with E-state index in [1.54, 1.807) is 12.1 Å².